The predicted octanol–water partition coefficient (Wildman–Crippen LogP) is 9.62. The van der Waals surface area contributed by atoms with Crippen molar-refractivity contribution in [3.05, 3.63) is 76.9 Å². The van der Waals surface area contributed by atoms with Gasteiger partial charge in [0.05, 0.1) is 18.4 Å². The normalized spacial score (nSPS) is 11.9. The van der Waals surface area contributed by atoms with Crippen LogP contribution in [0.25, 0.3) is 0 Å². The quantitative estimate of drug-likeness (QED) is 0.344. The lowest BCUT2D eigenvalue weighted by Gasteiger charge is -2.25. The van der Waals surface area contributed by atoms with Gasteiger partial charge in [-0.1, -0.05) is 53.7 Å². The zero-order valence-electron chi connectivity index (χ0n) is 21.4. The molecule has 0 fully saturated rings. The lowest BCUT2D eigenvalue weighted by molar-refractivity contribution is -0.137. The largest absolute Gasteiger partial charge is 0.497 e. The van der Waals surface area contributed by atoms with E-state index in [2.05, 4.69) is 59.0 Å². The molecular formula is C29H34F3NO2. The van der Waals surface area contributed by atoms with E-state index in [0.717, 1.165) is 28.9 Å². The number of ether oxygens (including phenoxy) is 2. The zero-order valence-corrected chi connectivity index (χ0v) is 21.4. The second-order valence-corrected chi connectivity index (χ2v) is 9.65. The Balaban J connectivity index is 2.15. The Morgan fingerprint density at radius 3 is 1.71 bits per heavy atom. The van der Waals surface area contributed by atoms with Crippen LogP contribution in [0.3, 0.4) is 0 Å². The monoisotopic (exact) mass is 485 g/mol. The van der Waals surface area contributed by atoms with Crippen LogP contribution < -0.4 is 14.8 Å². The lowest BCUT2D eigenvalue weighted by atomic mass is 9.87. The number of benzene rings is 3. The van der Waals surface area contributed by atoms with Crippen LogP contribution in [0, 0.1) is 0 Å². The highest BCUT2D eigenvalue weighted by atomic mass is 19.4. The van der Waals surface area contributed by atoms with Crippen LogP contribution in [-0.4, -0.2) is 7.11 Å². The first kappa shape index (κ1) is 26.5. The molecule has 3 nitrogen and oxygen atoms in total. The molecule has 0 saturated carbocycles. The number of alkyl halides is 3. The summed E-state index contributed by atoms with van der Waals surface area (Å²) in [7, 11) is 1.57. The smallest absolute Gasteiger partial charge is 0.416 e. The lowest BCUT2D eigenvalue weighted by Crippen LogP contribution is -2.09. The fourth-order valence-corrected chi connectivity index (χ4v) is 3.90. The highest BCUT2D eigenvalue weighted by Crippen LogP contribution is 2.42. The van der Waals surface area contributed by atoms with Crippen LogP contribution in [0.4, 0.5) is 24.5 Å². The van der Waals surface area contributed by atoms with Crippen molar-refractivity contribution < 1.29 is 22.6 Å². The van der Waals surface area contributed by atoms with E-state index in [4.69, 9.17) is 9.47 Å². The summed E-state index contributed by atoms with van der Waals surface area (Å²) in [5.41, 5.74) is 3.69. The average Bonchev–Trinajstić information content (AvgIpc) is 2.79. The number of halogens is 3. The predicted molar refractivity (Wildman–Crippen MR) is 137 cm³/mol. The van der Waals surface area contributed by atoms with E-state index in [9.17, 15) is 13.2 Å². The fraction of sp³-hybridized carbons (Fsp3) is 0.379. The summed E-state index contributed by atoms with van der Waals surface area (Å²) in [4.78, 5) is 0. The summed E-state index contributed by atoms with van der Waals surface area (Å²) in [5.74, 6) is 2.14. The topological polar surface area (TPSA) is 30.5 Å². The van der Waals surface area contributed by atoms with Crippen LogP contribution in [0.1, 0.15) is 81.5 Å². The van der Waals surface area contributed by atoms with Crippen LogP contribution in [0.2, 0.25) is 0 Å². The van der Waals surface area contributed by atoms with E-state index < -0.39 is 11.7 Å². The second kappa shape index (κ2) is 10.6. The Morgan fingerprint density at radius 1 is 0.714 bits per heavy atom. The Kier molecular flexibility index (Phi) is 8.04. The molecule has 188 valence electrons. The average molecular weight is 486 g/mol. The van der Waals surface area contributed by atoms with Gasteiger partial charge in [0.15, 0.2) is 5.75 Å². The summed E-state index contributed by atoms with van der Waals surface area (Å²) >= 11 is 0. The SMILES string of the molecule is COc1ccc(Oc2ccc(C(F)(F)F)cc2Nc2c(C(C)C)cc(C(C)C)cc2C(C)C)cc1. The van der Waals surface area contributed by atoms with Crippen molar-refractivity contribution in [2.24, 2.45) is 0 Å². The first-order valence-electron chi connectivity index (χ1n) is 11.9. The van der Waals surface area contributed by atoms with Gasteiger partial charge in [-0.25, -0.2) is 0 Å². The molecule has 3 aromatic rings. The molecule has 0 heterocycles. The molecule has 0 aliphatic heterocycles. The highest BCUT2D eigenvalue weighted by molar-refractivity contribution is 5.74. The molecule has 0 amide bonds. The van der Waals surface area contributed by atoms with E-state index in [0.29, 0.717) is 23.2 Å². The third-order valence-electron chi connectivity index (χ3n) is 5.99. The van der Waals surface area contributed by atoms with Crippen molar-refractivity contribution in [1.82, 2.24) is 0 Å². The van der Waals surface area contributed by atoms with Crippen molar-refractivity contribution in [2.45, 2.75) is 65.5 Å². The highest BCUT2D eigenvalue weighted by Gasteiger charge is 2.31. The molecule has 0 unspecified atom stereocenters. The Hall–Kier alpha value is -3.15. The minimum absolute atomic E-state index is 0.172. The minimum Gasteiger partial charge on any atom is -0.497 e. The fourth-order valence-electron chi connectivity index (χ4n) is 3.90. The summed E-state index contributed by atoms with van der Waals surface area (Å²) in [6, 6.07) is 14.7. The van der Waals surface area contributed by atoms with Crippen LogP contribution >= 0.6 is 0 Å². The third-order valence-corrected chi connectivity index (χ3v) is 5.99. The van der Waals surface area contributed by atoms with E-state index in [1.165, 1.54) is 11.6 Å². The van der Waals surface area contributed by atoms with Crippen molar-refractivity contribution in [2.75, 3.05) is 12.4 Å². The number of hydrogen-bond donors (Lipinski definition) is 1. The van der Waals surface area contributed by atoms with Gasteiger partial charge in [-0.2, -0.15) is 13.2 Å². The molecule has 35 heavy (non-hydrogen) atoms. The molecule has 3 aromatic carbocycles. The van der Waals surface area contributed by atoms with Gasteiger partial charge in [-0.05, 0) is 76.9 Å². The summed E-state index contributed by atoms with van der Waals surface area (Å²) < 4.78 is 52.1. The molecule has 0 radical (unpaired) electrons. The molecule has 0 atom stereocenters. The first-order chi connectivity index (χ1) is 16.4. The van der Waals surface area contributed by atoms with E-state index in [-0.39, 0.29) is 17.5 Å². The van der Waals surface area contributed by atoms with E-state index in [1.54, 1.807) is 31.4 Å². The second-order valence-electron chi connectivity index (χ2n) is 9.65. The van der Waals surface area contributed by atoms with Gasteiger partial charge in [0.25, 0.3) is 0 Å². The van der Waals surface area contributed by atoms with Crippen LogP contribution in [0.15, 0.2) is 54.6 Å². The number of nitrogens with one attached hydrogen (secondary N) is 1. The van der Waals surface area contributed by atoms with Gasteiger partial charge in [0, 0.05) is 5.69 Å². The zero-order chi connectivity index (χ0) is 25.9. The molecule has 0 spiro atoms. The van der Waals surface area contributed by atoms with Gasteiger partial charge < -0.3 is 14.8 Å². The van der Waals surface area contributed by atoms with E-state index >= 15 is 0 Å². The van der Waals surface area contributed by atoms with Gasteiger partial charge in [0.1, 0.15) is 11.5 Å². The van der Waals surface area contributed by atoms with Crippen LogP contribution in [-0.2, 0) is 6.18 Å². The van der Waals surface area contributed by atoms with Crippen molar-refractivity contribution >= 4 is 11.4 Å². The maximum Gasteiger partial charge on any atom is 0.416 e. The van der Waals surface area contributed by atoms with Crippen molar-refractivity contribution in [3.8, 4) is 17.2 Å². The minimum atomic E-state index is -4.47. The molecule has 0 saturated heterocycles. The Labute approximate surface area is 206 Å². The summed E-state index contributed by atoms with van der Waals surface area (Å²) in [5, 5.41) is 3.34. The molecule has 0 bridgehead atoms. The van der Waals surface area contributed by atoms with Crippen LogP contribution in [0.5, 0.6) is 17.2 Å². The molecular weight excluding hydrogens is 451 g/mol. The Morgan fingerprint density at radius 2 is 1.26 bits per heavy atom. The van der Waals surface area contributed by atoms with E-state index in [1.807, 2.05) is 0 Å². The molecule has 6 heteroatoms. The number of rotatable bonds is 8. The molecule has 0 aromatic heterocycles. The number of anilines is 2. The molecule has 3 rings (SSSR count). The van der Waals surface area contributed by atoms with Gasteiger partial charge >= 0.3 is 6.18 Å². The number of hydrogen-bond acceptors (Lipinski definition) is 3. The van der Waals surface area contributed by atoms with Gasteiger partial charge in [-0.3, -0.25) is 0 Å². The maximum absolute atomic E-state index is 13.6. The summed E-state index contributed by atoms with van der Waals surface area (Å²) in [6.07, 6.45) is -4.47. The summed E-state index contributed by atoms with van der Waals surface area (Å²) in [6.45, 7) is 12.7. The number of methoxy groups -OCH3 is 1. The molecule has 0 aliphatic rings. The third kappa shape index (κ3) is 6.30. The standard InChI is InChI=1S/C29H34F3NO2/c1-17(2)20-14-24(18(3)4)28(25(15-20)19(5)6)33-26-16-21(29(30,31)32)8-13-27(26)35-23-11-9-22(34-7)10-12-23/h8-19,33H,1-7H3. The first-order valence-corrected chi connectivity index (χ1v) is 11.9. The van der Waals surface area contributed by atoms with Gasteiger partial charge in [0.2, 0.25) is 0 Å². The van der Waals surface area contributed by atoms with Crippen molar-refractivity contribution in [3.63, 3.8) is 0 Å². The molecule has 0 aliphatic carbocycles. The van der Waals surface area contributed by atoms with Crippen molar-refractivity contribution in [1.29, 1.82) is 0 Å². The molecule has 1 N–H and O–H groups in total. The maximum atomic E-state index is 13.6. The Bertz CT molecular complexity index is 1120. The van der Waals surface area contributed by atoms with Gasteiger partial charge in [-0.15, -0.1) is 0 Å².